The van der Waals surface area contributed by atoms with Crippen LogP contribution in [0.25, 0.3) is 6.08 Å². The van der Waals surface area contributed by atoms with E-state index < -0.39 is 5.91 Å². The molecule has 0 saturated carbocycles. The highest BCUT2D eigenvalue weighted by molar-refractivity contribution is 7.10. The van der Waals surface area contributed by atoms with E-state index in [1.807, 2.05) is 36.6 Å². The highest BCUT2D eigenvalue weighted by Gasteiger charge is 2.20. The van der Waals surface area contributed by atoms with Crippen molar-refractivity contribution < 1.29 is 19.1 Å². The molecule has 3 rings (SSSR count). The van der Waals surface area contributed by atoms with Crippen LogP contribution in [0.5, 0.6) is 11.5 Å². The maximum Gasteiger partial charge on any atom is 0.268 e. The number of benzene rings is 2. The van der Waals surface area contributed by atoms with Gasteiger partial charge < -0.3 is 20.1 Å². The fourth-order valence-corrected chi connectivity index (χ4v) is 4.13. The third-order valence-electron chi connectivity index (χ3n) is 5.59. The van der Waals surface area contributed by atoms with Gasteiger partial charge in [-0.2, -0.15) is 0 Å². The minimum Gasteiger partial charge on any atom is -0.493 e. The fourth-order valence-electron chi connectivity index (χ4n) is 3.48. The van der Waals surface area contributed by atoms with E-state index >= 15 is 0 Å². The minimum absolute atomic E-state index is 0.0516. The van der Waals surface area contributed by atoms with Gasteiger partial charge >= 0.3 is 0 Å². The van der Waals surface area contributed by atoms with Crippen LogP contribution in [0.2, 0.25) is 0 Å². The Balaban J connectivity index is 1.81. The van der Waals surface area contributed by atoms with Gasteiger partial charge in [0.15, 0.2) is 11.5 Å². The largest absolute Gasteiger partial charge is 0.493 e. The van der Waals surface area contributed by atoms with Crippen molar-refractivity contribution >= 4 is 29.2 Å². The SMILES string of the molecule is COc1ccc(C(=O)N/C(=C\c2cccs2)C(=O)N[C@H](C)c2ccc(C(C)(C)C)cc2)cc1OC. The predicted octanol–water partition coefficient (Wildman–Crippen LogP) is 5.71. The lowest BCUT2D eigenvalue weighted by atomic mass is 9.86. The number of rotatable bonds is 8. The van der Waals surface area contributed by atoms with Gasteiger partial charge in [0.2, 0.25) is 0 Å². The molecule has 35 heavy (non-hydrogen) atoms. The number of hydrogen-bond donors (Lipinski definition) is 2. The number of ether oxygens (including phenoxy) is 2. The molecule has 1 atom stereocenters. The van der Waals surface area contributed by atoms with E-state index in [-0.39, 0.29) is 23.1 Å². The van der Waals surface area contributed by atoms with Crippen molar-refractivity contribution in [2.75, 3.05) is 14.2 Å². The lowest BCUT2D eigenvalue weighted by Gasteiger charge is -2.21. The van der Waals surface area contributed by atoms with Crippen LogP contribution in [0.4, 0.5) is 0 Å². The van der Waals surface area contributed by atoms with Crippen molar-refractivity contribution in [1.82, 2.24) is 10.6 Å². The molecular formula is C28H32N2O4S. The predicted molar refractivity (Wildman–Crippen MR) is 141 cm³/mol. The van der Waals surface area contributed by atoms with Crippen molar-refractivity contribution in [2.24, 2.45) is 0 Å². The van der Waals surface area contributed by atoms with Gasteiger partial charge in [-0.25, -0.2) is 0 Å². The van der Waals surface area contributed by atoms with Gasteiger partial charge in [0.1, 0.15) is 5.70 Å². The second-order valence-electron chi connectivity index (χ2n) is 9.16. The minimum atomic E-state index is -0.425. The lowest BCUT2D eigenvalue weighted by molar-refractivity contribution is -0.118. The topological polar surface area (TPSA) is 76.7 Å². The molecule has 0 unspecified atom stereocenters. The second-order valence-corrected chi connectivity index (χ2v) is 10.1. The first-order chi connectivity index (χ1) is 16.6. The monoisotopic (exact) mass is 492 g/mol. The Morgan fingerprint density at radius 1 is 0.971 bits per heavy atom. The molecule has 0 aliphatic heterocycles. The molecule has 2 amide bonds. The Bertz CT molecular complexity index is 1190. The van der Waals surface area contributed by atoms with Gasteiger partial charge in [-0.15, -0.1) is 11.3 Å². The molecule has 0 aliphatic rings. The van der Waals surface area contributed by atoms with Crippen molar-refractivity contribution in [3.8, 4) is 11.5 Å². The second kappa shape index (κ2) is 11.2. The molecule has 1 heterocycles. The zero-order valence-electron chi connectivity index (χ0n) is 21.0. The molecule has 1 aromatic heterocycles. The number of carbonyl (C=O) groups is 2. The van der Waals surface area contributed by atoms with Gasteiger partial charge in [-0.3, -0.25) is 9.59 Å². The summed E-state index contributed by atoms with van der Waals surface area (Å²) in [5.41, 5.74) is 2.76. The molecule has 6 nitrogen and oxygen atoms in total. The number of carbonyl (C=O) groups excluding carboxylic acids is 2. The van der Waals surface area contributed by atoms with Crippen molar-refractivity contribution in [3.63, 3.8) is 0 Å². The summed E-state index contributed by atoms with van der Waals surface area (Å²) in [4.78, 5) is 27.1. The zero-order chi connectivity index (χ0) is 25.6. The third kappa shape index (κ3) is 6.73. The van der Waals surface area contributed by atoms with Gasteiger partial charge in [0, 0.05) is 10.4 Å². The first-order valence-electron chi connectivity index (χ1n) is 11.3. The lowest BCUT2D eigenvalue weighted by Crippen LogP contribution is -2.36. The van der Waals surface area contributed by atoms with E-state index in [4.69, 9.17) is 9.47 Å². The molecule has 0 spiro atoms. The first-order valence-corrected chi connectivity index (χ1v) is 12.2. The van der Waals surface area contributed by atoms with Crippen LogP contribution in [-0.4, -0.2) is 26.0 Å². The highest BCUT2D eigenvalue weighted by atomic mass is 32.1. The fraction of sp³-hybridized carbons (Fsp3) is 0.286. The van der Waals surface area contributed by atoms with Crippen molar-refractivity contribution in [2.45, 2.75) is 39.2 Å². The maximum atomic E-state index is 13.2. The van der Waals surface area contributed by atoms with E-state index in [1.54, 1.807) is 24.3 Å². The Morgan fingerprint density at radius 2 is 1.66 bits per heavy atom. The summed E-state index contributed by atoms with van der Waals surface area (Å²) in [6.07, 6.45) is 1.67. The molecule has 2 aromatic carbocycles. The molecule has 0 aliphatic carbocycles. The van der Waals surface area contributed by atoms with Crippen molar-refractivity contribution in [1.29, 1.82) is 0 Å². The van der Waals surface area contributed by atoms with Crippen LogP contribution in [0.15, 0.2) is 65.7 Å². The Labute approximate surface area is 211 Å². The van der Waals surface area contributed by atoms with Gasteiger partial charge in [-0.1, -0.05) is 51.1 Å². The van der Waals surface area contributed by atoms with E-state index in [1.165, 1.54) is 31.1 Å². The summed E-state index contributed by atoms with van der Waals surface area (Å²) in [5, 5.41) is 7.68. The van der Waals surface area contributed by atoms with Gasteiger partial charge in [0.25, 0.3) is 11.8 Å². The first kappa shape index (κ1) is 26.0. The van der Waals surface area contributed by atoms with Crippen molar-refractivity contribution in [3.05, 3.63) is 87.2 Å². The zero-order valence-corrected chi connectivity index (χ0v) is 21.8. The van der Waals surface area contributed by atoms with Gasteiger partial charge in [-0.05, 0) is 59.2 Å². The van der Waals surface area contributed by atoms with Crippen LogP contribution < -0.4 is 20.1 Å². The Morgan fingerprint density at radius 3 is 2.23 bits per heavy atom. The molecule has 2 N–H and O–H groups in total. The van der Waals surface area contributed by atoms with Crippen LogP contribution in [0, 0.1) is 0 Å². The average molecular weight is 493 g/mol. The maximum absolute atomic E-state index is 13.2. The van der Waals surface area contributed by atoms with E-state index in [9.17, 15) is 9.59 Å². The molecule has 0 saturated heterocycles. The summed E-state index contributed by atoms with van der Waals surface area (Å²) in [6, 6.07) is 16.6. The molecule has 3 aromatic rings. The Hall–Kier alpha value is -3.58. The number of methoxy groups -OCH3 is 2. The molecule has 0 bridgehead atoms. The molecular weight excluding hydrogens is 460 g/mol. The summed E-state index contributed by atoms with van der Waals surface area (Å²) in [7, 11) is 3.03. The van der Waals surface area contributed by atoms with E-state index in [2.05, 4.69) is 43.5 Å². The normalized spacial score (nSPS) is 12.6. The highest BCUT2D eigenvalue weighted by Crippen LogP contribution is 2.28. The van der Waals surface area contributed by atoms with Crippen LogP contribution in [0.1, 0.15) is 60.1 Å². The summed E-state index contributed by atoms with van der Waals surface area (Å²) in [6.45, 7) is 8.41. The molecule has 7 heteroatoms. The molecule has 0 radical (unpaired) electrons. The number of nitrogens with one attached hydrogen (secondary N) is 2. The van der Waals surface area contributed by atoms with E-state index in [0.717, 1.165) is 10.4 Å². The quantitative estimate of drug-likeness (QED) is 0.395. The Kier molecular flexibility index (Phi) is 8.35. The number of hydrogen-bond acceptors (Lipinski definition) is 5. The smallest absolute Gasteiger partial charge is 0.268 e. The number of thiophene rings is 1. The molecule has 184 valence electrons. The summed E-state index contributed by atoms with van der Waals surface area (Å²) < 4.78 is 10.5. The molecule has 0 fully saturated rings. The van der Waals surface area contributed by atoms with Gasteiger partial charge in [0.05, 0.1) is 20.3 Å². The summed E-state index contributed by atoms with van der Waals surface area (Å²) in [5.74, 6) is 0.147. The average Bonchev–Trinajstić information content (AvgIpc) is 3.35. The number of amides is 2. The van der Waals surface area contributed by atoms with E-state index in [0.29, 0.717) is 17.1 Å². The van der Waals surface area contributed by atoms with Crippen LogP contribution >= 0.6 is 11.3 Å². The van der Waals surface area contributed by atoms with Crippen LogP contribution in [-0.2, 0) is 10.2 Å². The van der Waals surface area contributed by atoms with Crippen LogP contribution in [0.3, 0.4) is 0 Å². The standard InChI is InChI=1S/C28H32N2O4S/c1-18(19-9-12-21(13-10-19)28(2,3)4)29-27(32)23(17-22-8-7-15-35-22)30-26(31)20-11-14-24(33-5)25(16-20)34-6/h7-18H,1-6H3,(H,29,32)(H,30,31)/b23-17-/t18-/m1/s1. The summed E-state index contributed by atoms with van der Waals surface area (Å²) >= 11 is 1.48. The third-order valence-corrected chi connectivity index (χ3v) is 6.41.